The number of furan rings is 1. The van der Waals surface area contributed by atoms with Crippen molar-refractivity contribution in [2.24, 2.45) is 5.14 Å². The molecule has 5 rings (SSSR count). The van der Waals surface area contributed by atoms with Crippen LogP contribution in [0.1, 0.15) is 22.5 Å². The number of amides is 3. The Labute approximate surface area is 199 Å². The van der Waals surface area contributed by atoms with Crippen LogP contribution in [0, 0.1) is 0 Å². The van der Waals surface area contributed by atoms with E-state index in [0.29, 0.717) is 17.1 Å². The monoisotopic (exact) mass is 497 g/mol. The Morgan fingerprint density at radius 2 is 1.80 bits per heavy atom. The maximum Gasteiger partial charge on any atom is 0.290 e. The van der Waals surface area contributed by atoms with Crippen LogP contribution in [-0.2, 0) is 26.2 Å². The van der Waals surface area contributed by atoms with Crippen molar-refractivity contribution in [3.8, 4) is 11.5 Å². The Morgan fingerprint density at radius 1 is 1.06 bits per heavy atom. The first-order valence-electron chi connectivity index (χ1n) is 10.4. The third kappa shape index (κ3) is 4.24. The molecule has 3 heterocycles. The lowest BCUT2D eigenvalue weighted by molar-refractivity contribution is -0.122. The average molecular weight is 497 g/mol. The zero-order valence-corrected chi connectivity index (χ0v) is 18.9. The predicted octanol–water partition coefficient (Wildman–Crippen LogP) is 1.63. The van der Waals surface area contributed by atoms with Gasteiger partial charge in [-0.2, -0.15) is 0 Å². The molecule has 35 heavy (non-hydrogen) atoms. The van der Waals surface area contributed by atoms with E-state index in [4.69, 9.17) is 19.0 Å². The Hall–Kier alpha value is -4.16. The zero-order chi connectivity index (χ0) is 24.7. The van der Waals surface area contributed by atoms with E-state index in [1.165, 1.54) is 41.5 Å². The van der Waals surface area contributed by atoms with Gasteiger partial charge in [0.05, 0.1) is 23.3 Å². The van der Waals surface area contributed by atoms with E-state index >= 15 is 0 Å². The van der Waals surface area contributed by atoms with Crippen molar-refractivity contribution in [2.75, 3.05) is 11.7 Å². The maximum atomic E-state index is 13.4. The summed E-state index contributed by atoms with van der Waals surface area (Å²) in [6.45, 7) is 0.0840. The molecule has 2 aliphatic heterocycles. The second-order valence-corrected chi connectivity index (χ2v) is 9.49. The molecule has 1 atom stereocenters. The van der Waals surface area contributed by atoms with Gasteiger partial charge in [-0.05, 0) is 54.1 Å². The summed E-state index contributed by atoms with van der Waals surface area (Å²) in [7, 11) is -3.94. The van der Waals surface area contributed by atoms with Crippen LogP contribution in [0.3, 0.4) is 0 Å². The van der Waals surface area contributed by atoms with Crippen molar-refractivity contribution in [2.45, 2.75) is 23.9 Å². The van der Waals surface area contributed by atoms with Crippen molar-refractivity contribution in [1.29, 1.82) is 0 Å². The Balaban J connectivity index is 1.46. The highest BCUT2D eigenvalue weighted by molar-refractivity contribution is 7.89. The SMILES string of the molecule is NS(=O)(=O)c1ccc(N2C(=O)CC(N(Cc3ccc4c(c3)OCO4)C(=O)c3ccco3)C2=O)cc1. The van der Waals surface area contributed by atoms with E-state index in [9.17, 15) is 22.8 Å². The van der Waals surface area contributed by atoms with Gasteiger partial charge in [0.1, 0.15) is 6.04 Å². The Bertz CT molecular complexity index is 1420. The predicted molar refractivity (Wildman–Crippen MR) is 120 cm³/mol. The fourth-order valence-electron chi connectivity index (χ4n) is 4.02. The van der Waals surface area contributed by atoms with Crippen LogP contribution in [0.15, 0.2) is 70.2 Å². The lowest BCUT2D eigenvalue weighted by Gasteiger charge is -2.27. The highest BCUT2D eigenvalue weighted by atomic mass is 32.2. The van der Waals surface area contributed by atoms with Crippen molar-refractivity contribution in [1.82, 2.24) is 4.90 Å². The van der Waals surface area contributed by atoms with Gasteiger partial charge >= 0.3 is 0 Å². The van der Waals surface area contributed by atoms with E-state index in [0.717, 1.165) is 4.90 Å². The fraction of sp³-hybridized carbons (Fsp3) is 0.174. The molecule has 2 aliphatic rings. The minimum Gasteiger partial charge on any atom is -0.459 e. The van der Waals surface area contributed by atoms with Crippen molar-refractivity contribution in [3.63, 3.8) is 0 Å². The zero-order valence-electron chi connectivity index (χ0n) is 18.1. The molecule has 2 aromatic carbocycles. The first-order chi connectivity index (χ1) is 16.7. The van der Waals surface area contributed by atoms with Crippen LogP contribution in [0.5, 0.6) is 11.5 Å². The molecule has 0 saturated carbocycles. The van der Waals surface area contributed by atoms with Gasteiger partial charge in [-0.3, -0.25) is 14.4 Å². The number of nitrogens with two attached hydrogens (primary N) is 1. The summed E-state index contributed by atoms with van der Waals surface area (Å²) in [6.07, 6.45) is 1.08. The topological polar surface area (TPSA) is 149 Å². The third-order valence-electron chi connectivity index (χ3n) is 5.71. The van der Waals surface area contributed by atoms with Crippen LogP contribution in [-0.4, -0.2) is 43.9 Å². The summed E-state index contributed by atoms with van der Waals surface area (Å²) < 4.78 is 39.0. The summed E-state index contributed by atoms with van der Waals surface area (Å²) in [5.74, 6) is -0.630. The fourth-order valence-corrected chi connectivity index (χ4v) is 4.53. The number of ether oxygens (including phenoxy) is 2. The van der Waals surface area contributed by atoms with Gasteiger partial charge < -0.3 is 18.8 Å². The van der Waals surface area contributed by atoms with E-state index in [-0.39, 0.29) is 36.1 Å². The molecule has 180 valence electrons. The van der Waals surface area contributed by atoms with Gasteiger partial charge in [0.25, 0.3) is 11.8 Å². The highest BCUT2D eigenvalue weighted by Crippen LogP contribution is 2.34. The lowest BCUT2D eigenvalue weighted by atomic mass is 10.1. The molecular formula is C23H19N3O8S. The van der Waals surface area contributed by atoms with E-state index in [2.05, 4.69) is 0 Å². The highest BCUT2D eigenvalue weighted by Gasteiger charge is 2.45. The second kappa shape index (κ2) is 8.56. The van der Waals surface area contributed by atoms with Crippen LogP contribution >= 0.6 is 0 Å². The number of rotatable bonds is 6. The van der Waals surface area contributed by atoms with E-state index in [1.807, 2.05) is 0 Å². The standard InChI is InChI=1S/C23H19N3O8S/c24-35(30,31)16-6-4-15(5-7-16)26-21(27)11-17(22(26)28)25(23(29)19-2-1-9-32-19)12-14-3-8-18-20(10-14)34-13-33-18/h1-10,17H,11-13H2,(H2,24,30,31). The number of primary sulfonamides is 1. The number of hydrogen-bond acceptors (Lipinski definition) is 8. The first-order valence-corrected chi connectivity index (χ1v) is 12.0. The molecule has 1 fully saturated rings. The quantitative estimate of drug-likeness (QED) is 0.505. The van der Waals surface area contributed by atoms with E-state index in [1.54, 1.807) is 24.3 Å². The summed E-state index contributed by atoms with van der Waals surface area (Å²) in [5.41, 5.74) is 0.828. The largest absolute Gasteiger partial charge is 0.459 e. The number of nitrogens with zero attached hydrogens (tertiary/aromatic N) is 2. The number of carbonyl (C=O) groups is 3. The minimum absolute atomic E-state index is 0.00193. The first kappa shape index (κ1) is 22.6. The van der Waals surface area contributed by atoms with Crippen LogP contribution in [0.25, 0.3) is 0 Å². The van der Waals surface area contributed by atoms with Gasteiger partial charge in [0.15, 0.2) is 17.3 Å². The average Bonchev–Trinajstić information content (AvgIpc) is 3.57. The number of anilines is 1. The van der Waals surface area contributed by atoms with Crippen LogP contribution in [0.2, 0.25) is 0 Å². The van der Waals surface area contributed by atoms with Gasteiger partial charge in [-0.25, -0.2) is 18.5 Å². The summed E-state index contributed by atoms with van der Waals surface area (Å²) in [5, 5.41) is 5.12. The molecule has 0 aliphatic carbocycles. The number of imide groups is 1. The molecule has 12 heteroatoms. The number of benzene rings is 2. The summed E-state index contributed by atoms with van der Waals surface area (Å²) in [4.78, 5) is 41.6. The van der Waals surface area contributed by atoms with Crippen molar-refractivity contribution in [3.05, 3.63) is 72.2 Å². The molecule has 2 N–H and O–H groups in total. The smallest absolute Gasteiger partial charge is 0.290 e. The molecule has 1 saturated heterocycles. The van der Waals surface area contributed by atoms with Crippen LogP contribution < -0.4 is 19.5 Å². The minimum atomic E-state index is -3.94. The summed E-state index contributed by atoms with van der Waals surface area (Å²) in [6, 6.07) is 12.1. The van der Waals surface area contributed by atoms with Gasteiger partial charge in [0.2, 0.25) is 22.7 Å². The molecule has 1 aromatic heterocycles. The number of sulfonamides is 1. The summed E-state index contributed by atoms with van der Waals surface area (Å²) >= 11 is 0. The van der Waals surface area contributed by atoms with Crippen molar-refractivity contribution >= 4 is 33.4 Å². The normalized spacial score (nSPS) is 17.2. The molecule has 1 unspecified atom stereocenters. The molecule has 3 aromatic rings. The molecule has 0 radical (unpaired) electrons. The maximum absolute atomic E-state index is 13.4. The molecular weight excluding hydrogens is 478 g/mol. The van der Waals surface area contributed by atoms with E-state index < -0.39 is 33.8 Å². The number of hydrogen-bond donors (Lipinski definition) is 1. The molecule has 3 amide bonds. The van der Waals surface area contributed by atoms with Gasteiger partial charge in [-0.1, -0.05) is 6.07 Å². The van der Waals surface area contributed by atoms with Gasteiger partial charge in [-0.15, -0.1) is 0 Å². The van der Waals surface area contributed by atoms with Crippen LogP contribution in [0.4, 0.5) is 5.69 Å². The third-order valence-corrected chi connectivity index (χ3v) is 6.63. The van der Waals surface area contributed by atoms with Gasteiger partial charge in [0, 0.05) is 6.54 Å². The van der Waals surface area contributed by atoms with Crippen molar-refractivity contribution < 1.29 is 36.7 Å². The number of carbonyl (C=O) groups excluding carboxylic acids is 3. The lowest BCUT2D eigenvalue weighted by Crippen LogP contribution is -2.45. The number of fused-ring (bicyclic) bond motifs is 1. The molecule has 11 nitrogen and oxygen atoms in total. The Kier molecular flexibility index (Phi) is 5.53. The molecule has 0 spiro atoms. The second-order valence-electron chi connectivity index (χ2n) is 7.92. The molecule has 0 bridgehead atoms. The Morgan fingerprint density at radius 3 is 2.49 bits per heavy atom.